The van der Waals surface area contributed by atoms with E-state index in [1.165, 1.54) is 0 Å². The molecule has 20 heteroatoms. The number of rotatable bonds is 23. The summed E-state index contributed by atoms with van der Waals surface area (Å²) in [6.45, 7) is 32.1. The lowest BCUT2D eigenvalue weighted by Gasteiger charge is -2.43. The fourth-order valence-electron chi connectivity index (χ4n) is 17.5. The van der Waals surface area contributed by atoms with E-state index in [0.717, 1.165) is 77.9 Å². The molecule has 0 unspecified atom stereocenters. The van der Waals surface area contributed by atoms with Crippen LogP contribution in [0.25, 0.3) is 22.3 Å². The summed E-state index contributed by atoms with van der Waals surface area (Å²) in [5.74, 6) is 5.03. The van der Waals surface area contributed by atoms with Crippen molar-refractivity contribution in [2.45, 2.75) is 147 Å². The number of methoxy groups -OCH3 is 4. The Bertz CT molecular complexity index is 5640. The molecule has 672 valence electrons. The highest BCUT2D eigenvalue weighted by molar-refractivity contribution is 7.43. The van der Waals surface area contributed by atoms with Gasteiger partial charge >= 0.3 is 34.4 Å². The Morgan fingerprint density at radius 3 is 0.646 bits per heavy atom. The van der Waals surface area contributed by atoms with E-state index < -0.39 is 73.1 Å². The Balaban J connectivity index is 0.000000191. The largest absolute Gasteiger partial charge is 0.497 e. The van der Waals surface area contributed by atoms with Crippen LogP contribution in [0.3, 0.4) is 0 Å². The van der Waals surface area contributed by atoms with Gasteiger partial charge in [0.1, 0.15) is 46.0 Å². The summed E-state index contributed by atoms with van der Waals surface area (Å²) in [5, 5.41) is 0. The number of benzene rings is 13. The second-order valence-electron chi connectivity index (χ2n) is 37.9. The monoisotopic (exact) mass is 1820 g/mol. The lowest BCUT2D eigenvalue weighted by molar-refractivity contribution is 0.00370. The highest BCUT2D eigenvalue weighted by Crippen LogP contribution is 2.74. The lowest BCUT2D eigenvalue weighted by atomic mass is 9.66. The fourth-order valence-corrected chi connectivity index (χ4v) is 23.2. The van der Waals surface area contributed by atoms with Crippen LogP contribution < -0.4 is 37.0 Å². The Labute approximate surface area is 772 Å². The zero-order valence-corrected chi connectivity index (χ0v) is 80.9. The van der Waals surface area contributed by atoms with Crippen LogP contribution in [0.1, 0.15) is 175 Å². The average Bonchev–Trinajstić information content (AvgIpc) is 1.52. The van der Waals surface area contributed by atoms with E-state index in [-0.39, 0.29) is 16.7 Å². The molecular formula is C110H116O16P4. The predicted molar refractivity (Wildman–Crippen MR) is 521 cm³/mol. The van der Waals surface area contributed by atoms with E-state index in [1.807, 2.05) is 212 Å². The molecule has 0 atom stereocenters. The van der Waals surface area contributed by atoms with Crippen molar-refractivity contribution < 1.29 is 73.2 Å². The molecule has 13 aromatic rings. The van der Waals surface area contributed by atoms with Crippen LogP contribution in [0, 0.1) is 5.41 Å². The molecule has 4 heterocycles. The van der Waals surface area contributed by atoms with Crippen molar-refractivity contribution in [2.75, 3.05) is 54.9 Å². The first-order chi connectivity index (χ1) is 62.4. The molecule has 4 aliphatic rings. The molecule has 130 heavy (non-hydrogen) atoms. The van der Waals surface area contributed by atoms with Crippen molar-refractivity contribution in [3.63, 3.8) is 0 Å². The van der Waals surface area contributed by atoms with Crippen LogP contribution in [-0.2, 0) is 80.3 Å². The van der Waals surface area contributed by atoms with Gasteiger partial charge in [-0.25, -0.2) is 0 Å². The van der Waals surface area contributed by atoms with Gasteiger partial charge in [0, 0.05) is 55.8 Å². The van der Waals surface area contributed by atoms with Crippen molar-refractivity contribution in [1.82, 2.24) is 0 Å². The highest BCUT2D eigenvalue weighted by Gasteiger charge is 2.69. The van der Waals surface area contributed by atoms with Crippen molar-refractivity contribution in [1.29, 1.82) is 0 Å². The standard InChI is InChI=1S/C57H58O8P2.C53H58O8P2/c1-54(2,3)50-36-46(58-7)34-48(52(50)62-66-60-38-41(39-61-66)40-24-14-9-15-25-40)49-35-47(59-8)37-51(55(4,5)6)53(49)63-67-64-56(42-26-16-10-17-27-42,43-28-18-11-19-29-43)57(65-67,44-30-20-12-21-31-44)45-32-22-13-23-33-45;1-49(2,3)45-33-41(54-9)31-43(47(45)58-62-56-35-51(7,8)36-57-62)44-32-42(55-10)34-46(50(4,5)6)48(44)59-63-60-52(37-23-15-11-16-24-37,38-25-17-12-18-26-38)53(61-63,39-27-19-13-20-28-39)40-29-21-14-22-30-40/h9-37,41H,38-39H2,1-8H3;11-34H,35-36H2,1-10H3. The maximum absolute atomic E-state index is 7.68. The molecule has 4 saturated heterocycles. The number of hydrogen-bond acceptors (Lipinski definition) is 16. The SMILES string of the molecule is COc1cc(-c2cc(OC)cc(C(C)(C)C)c2OP2OC(c3ccccc3)(c3ccccc3)C(c3ccccc3)(c3ccccc3)O2)c(OP2OCC(C)(C)CO2)c(C(C)(C)C)c1.COc1cc(-c2cc(OC)cc(C(C)(C)C)c2OP2OC(c3ccccc3)(c3ccccc3)C(c3ccccc3)(c3ccccc3)O2)c(OP2OCC(c3ccccc3)CO2)c(C(C)(C)C)c1. The van der Waals surface area contributed by atoms with Gasteiger partial charge in [0.25, 0.3) is 0 Å². The van der Waals surface area contributed by atoms with Crippen molar-refractivity contribution in [3.8, 4) is 68.2 Å². The predicted octanol–water partition coefficient (Wildman–Crippen LogP) is 29.1. The summed E-state index contributed by atoms with van der Waals surface area (Å²) < 4.78 is 109. The minimum absolute atomic E-state index is 0.0835. The van der Waals surface area contributed by atoms with Gasteiger partial charge in [-0.2, -0.15) is 0 Å². The van der Waals surface area contributed by atoms with Gasteiger partial charge in [-0.3, -0.25) is 18.1 Å². The fraction of sp³-hybridized carbons (Fsp3) is 0.291. The molecule has 16 nitrogen and oxygen atoms in total. The molecule has 0 aromatic heterocycles. The van der Waals surface area contributed by atoms with Gasteiger partial charge in [-0.05, 0) is 120 Å². The molecular weight excluding hydrogens is 1700 g/mol. The summed E-state index contributed by atoms with van der Waals surface area (Å²) in [7, 11) is -1.26. The summed E-state index contributed by atoms with van der Waals surface area (Å²) in [4.78, 5) is 0. The third-order valence-corrected chi connectivity index (χ3v) is 28.5. The number of hydrogen-bond donors (Lipinski definition) is 0. The van der Waals surface area contributed by atoms with E-state index in [0.29, 0.717) is 89.1 Å². The third kappa shape index (κ3) is 18.6. The van der Waals surface area contributed by atoms with Crippen LogP contribution in [0.4, 0.5) is 0 Å². The van der Waals surface area contributed by atoms with Gasteiger partial charge in [0.2, 0.25) is 0 Å². The maximum atomic E-state index is 7.68. The van der Waals surface area contributed by atoms with Crippen LogP contribution in [0.15, 0.2) is 322 Å². The summed E-state index contributed by atoms with van der Waals surface area (Å²) in [6, 6.07) is 109. The van der Waals surface area contributed by atoms with Crippen LogP contribution in [-0.4, -0.2) is 54.9 Å². The Kier molecular flexibility index (Phi) is 27.5. The Morgan fingerprint density at radius 1 is 0.254 bits per heavy atom. The van der Waals surface area contributed by atoms with E-state index >= 15 is 0 Å². The second kappa shape index (κ2) is 38.5. The van der Waals surface area contributed by atoms with Gasteiger partial charge in [-0.1, -0.05) is 370 Å². The maximum Gasteiger partial charge on any atom is 0.400 e. The smallest absolute Gasteiger partial charge is 0.400 e. The molecule has 4 aliphatic heterocycles. The second-order valence-corrected chi connectivity index (χ2v) is 42.2. The normalized spacial score (nSPS) is 17.9. The zero-order valence-electron chi connectivity index (χ0n) is 77.3. The molecule has 0 spiro atoms. The highest BCUT2D eigenvalue weighted by atomic mass is 31.2. The molecule has 0 radical (unpaired) electrons. The number of ether oxygens (including phenoxy) is 4. The molecule has 0 aliphatic carbocycles. The summed E-state index contributed by atoms with van der Waals surface area (Å²) in [5.41, 5.74) is 8.17. The molecule has 0 N–H and O–H groups in total. The van der Waals surface area contributed by atoms with E-state index in [1.54, 1.807) is 28.4 Å². The molecule has 4 fully saturated rings. The zero-order chi connectivity index (χ0) is 91.4. The van der Waals surface area contributed by atoms with E-state index in [9.17, 15) is 0 Å². The van der Waals surface area contributed by atoms with Crippen molar-refractivity contribution in [2.24, 2.45) is 5.41 Å². The first-order valence-corrected chi connectivity index (χ1v) is 48.4. The Morgan fingerprint density at radius 2 is 0.446 bits per heavy atom. The first-order valence-electron chi connectivity index (χ1n) is 44.1. The minimum Gasteiger partial charge on any atom is -0.497 e. The molecule has 13 aromatic carbocycles. The lowest BCUT2D eigenvalue weighted by Crippen LogP contribution is -2.48. The van der Waals surface area contributed by atoms with Crippen molar-refractivity contribution in [3.05, 3.63) is 394 Å². The van der Waals surface area contributed by atoms with Gasteiger partial charge in [0.05, 0.1) is 54.9 Å². The molecule has 17 rings (SSSR count). The van der Waals surface area contributed by atoms with E-state index in [2.05, 4.69) is 206 Å². The Hall–Kier alpha value is -10.3. The van der Waals surface area contributed by atoms with E-state index in [4.69, 9.17) is 73.2 Å². The summed E-state index contributed by atoms with van der Waals surface area (Å²) in [6.07, 6.45) is 0. The van der Waals surface area contributed by atoms with Gasteiger partial charge < -0.3 is 55.1 Å². The third-order valence-electron chi connectivity index (χ3n) is 24.1. The summed E-state index contributed by atoms with van der Waals surface area (Å²) >= 11 is 0. The molecule has 0 bridgehead atoms. The topological polar surface area (TPSA) is 148 Å². The first kappa shape index (κ1) is 92.9. The minimum atomic E-state index is -2.23. The molecule has 0 saturated carbocycles. The van der Waals surface area contributed by atoms with Crippen LogP contribution in [0.5, 0.6) is 46.0 Å². The van der Waals surface area contributed by atoms with Crippen LogP contribution in [0.2, 0.25) is 0 Å². The quantitative estimate of drug-likeness (QED) is 0.0559. The van der Waals surface area contributed by atoms with Gasteiger partial charge in [-0.15, -0.1) is 0 Å². The van der Waals surface area contributed by atoms with Crippen molar-refractivity contribution >= 4 is 34.4 Å². The van der Waals surface area contributed by atoms with Crippen LogP contribution >= 0.6 is 34.4 Å². The molecule has 0 amide bonds. The average molecular weight is 1820 g/mol. The van der Waals surface area contributed by atoms with Gasteiger partial charge in [0.15, 0.2) is 22.4 Å².